The third-order valence-electron chi connectivity index (χ3n) is 1.13. The molecular weight excluding hydrogens is 238 g/mol. The largest absolute Gasteiger partial charge is 0.326 e. The van der Waals surface area contributed by atoms with E-state index in [2.05, 4.69) is 15.9 Å². The lowest BCUT2D eigenvalue weighted by molar-refractivity contribution is 0.144. The second kappa shape index (κ2) is 3.18. The van der Waals surface area contributed by atoms with Gasteiger partial charge in [-0.05, 0) is 15.9 Å². The Hall–Kier alpha value is -0.980. The zero-order chi connectivity index (χ0) is 9.30. The zero-order valence-corrected chi connectivity index (χ0v) is 7.11. The Balaban J connectivity index is 3.49. The van der Waals surface area contributed by atoms with Crippen molar-refractivity contribution in [2.24, 2.45) is 0 Å². The highest BCUT2D eigenvalue weighted by atomic mass is 79.9. The molecule has 0 atom stereocenters. The van der Waals surface area contributed by atoms with Crippen molar-refractivity contribution in [2.75, 3.05) is 0 Å². The van der Waals surface area contributed by atoms with Crippen LogP contribution in [0.2, 0.25) is 0 Å². The van der Waals surface area contributed by atoms with Crippen molar-refractivity contribution < 1.29 is 8.78 Å². The van der Waals surface area contributed by atoms with Gasteiger partial charge in [0.1, 0.15) is 10.2 Å². The normalized spacial score (nSPS) is 10.7. The average molecular weight is 241 g/mol. The lowest BCUT2D eigenvalue weighted by Gasteiger charge is -1.99. The number of aromatic nitrogens is 2. The molecule has 0 amide bonds. The van der Waals surface area contributed by atoms with E-state index in [4.69, 9.17) is 0 Å². The quantitative estimate of drug-likeness (QED) is 0.762. The van der Waals surface area contributed by atoms with E-state index in [-0.39, 0.29) is 4.47 Å². The zero-order valence-electron chi connectivity index (χ0n) is 5.53. The molecule has 2 N–H and O–H groups in total. The molecule has 0 aliphatic heterocycles. The molecule has 12 heavy (non-hydrogen) atoms. The Morgan fingerprint density at radius 2 is 1.83 bits per heavy atom. The van der Waals surface area contributed by atoms with Crippen molar-refractivity contribution in [3.05, 3.63) is 31.0 Å². The molecule has 0 bridgehead atoms. The molecule has 0 unspecified atom stereocenters. The lowest BCUT2D eigenvalue weighted by atomic mass is 10.4. The van der Waals surface area contributed by atoms with E-state index in [0.717, 1.165) is 0 Å². The maximum Gasteiger partial charge on any atom is 0.326 e. The first-order chi connectivity index (χ1) is 5.52. The van der Waals surface area contributed by atoms with E-state index in [1.165, 1.54) is 0 Å². The smallest absolute Gasteiger partial charge is 0.305 e. The molecule has 4 nitrogen and oxygen atoms in total. The van der Waals surface area contributed by atoms with Crippen molar-refractivity contribution in [1.82, 2.24) is 9.97 Å². The van der Waals surface area contributed by atoms with Gasteiger partial charge in [0.05, 0.1) is 0 Å². The fourth-order valence-corrected chi connectivity index (χ4v) is 1.01. The van der Waals surface area contributed by atoms with Crippen LogP contribution in [0.25, 0.3) is 0 Å². The molecule has 0 saturated carbocycles. The third-order valence-corrected chi connectivity index (χ3v) is 1.92. The minimum atomic E-state index is -2.88. The summed E-state index contributed by atoms with van der Waals surface area (Å²) in [5, 5.41) is 0. The van der Waals surface area contributed by atoms with Crippen LogP contribution in [-0.4, -0.2) is 9.97 Å². The molecule has 7 heteroatoms. The first kappa shape index (κ1) is 9.11. The van der Waals surface area contributed by atoms with Crippen LogP contribution >= 0.6 is 15.9 Å². The van der Waals surface area contributed by atoms with Gasteiger partial charge in [0.2, 0.25) is 0 Å². The Morgan fingerprint density at radius 3 is 2.33 bits per heavy atom. The van der Waals surface area contributed by atoms with Gasteiger partial charge >= 0.3 is 5.69 Å². The predicted octanol–water partition coefficient (Wildman–Crippen LogP) is 0.763. The van der Waals surface area contributed by atoms with Crippen molar-refractivity contribution >= 4 is 15.9 Å². The fourth-order valence-electron chi connectivity index (χ4n) is 0.639. The van der Waals surface area contributed by atoms with E-state index in [1.807, 2.05) is 4.98 Å². The van der Waals surface area contributed by atoms with Crippen molar-refractivity contribution in [2.45, 2.75) is 6.43 Å². The van der Waals surface area contributed by atoms with Gasteiger partial charge in [-0.25, -0.2) is 13.6 Å². The second-order valence-electron chi connectivity index (χ2n) is 1.94. The van der Waals surface area contributed by atoms with Gasteiger partial charge in [-0.3, -0.25) is 9.78 Å². The summed E-state index contributed by atoms with van der Waals surface area (Å²) in [5.74, 6) is 0. The molecular formula is C5H3BrF2N2O2. The van der Waals surface area contributed by atoms with Crippen LogP contribution in [0.1, 0.15) is 12.1 Å². The molecule has 1 heterocycles. The van der Waals surface area contributed by atoms with Crippen molar-refractivity contribution in [3.8, 4) is 0 Å². The number of hydrogen-bond acceptors (Lipinski definition) is 2. The minimum absolute atomic E-state index is 0.350. The Labute approximate surface area is 72.8 Å². The van der Waals surface area contributed by atoms with Gasteiger partial charge in [0, 0.05) is 0 Å². The number of rotatable bonds is 1. The summed E-state index contributed by atoms with van der Waals surface area (Å²) < 4.78 is 23.7. The van der Waals surface area contributed by atoms with E-state index in [1.54, 1.807) is 4.98 Å². The van der Waals surface area contributed by atoms with Gasteiger partial charge < -0.3 is 4.98 Å². The Morgan fingerprint density at radius 1 is 1.25 bits per heavy atom. The summed E-state index contributed by atoms with van der Waals surface area (Å²) >= 11 is 2.62. The average Bonchev–Trinajstić information content (AvgIpc) is 1.96. The van der Waals surface area contributed by atoms with Crippen LogP contribution < -0.4 is 11.2 Å². The van der Waals surface area contributed by atoms with Gasteiger partial charge in [-0.2, -0.15) is 0 Å². The van der Waals surface area contributed by atoms with Gasteiger partial charge in [0.15, 0.2) is 0 Å². The molecule has 0 aliphatic rings. The third kappa shape index (κ3) is 1.60. The number of hydrogen-bond donors (Lipinski definition) is 2. The number of alkyl halides is 2. The van der Waals surface area contributed by atoms with Crippen molar-refractivity contribution in [1.29, 1.82) is 0 Å². The van der Waals surface area contributed by atoms with Crippen LogP contribution in [0.15, 0.2) is 14.1 Å². The second-order valence-corrected chi connectivity index (χ2v) is 2.73. The Kier molecular flexibility index (Phi) is 2.41. The van der Waals surface area contributed by atoms with Gasteiger partial charge in [-0.15, -0.1) is 0 Å². The summed E-state index contributed by atoms with van der Waals surface area (Å²) in [6.07, 6.45) is -2.88. The Bertz CT molecular complexity index is 397. The topological polar surface area (TPSA) is 65.7 Å². The lowest BCUT2D eigenvalue weighted by Crippen LogP contribution is -2.25. The standard InChI is InChI=1S/C5H3BrF2N2O2/c6-1-2(3(7)8)9-5(12)10-4(1)11/h3H,(H2,9,10,11,12). The number of H-pyrrole nitrogens is 2. The molecule has 66 valence electrons. The highest BCUT2D eigenvalue weighted by molar-refractivity contribution is 9.10. The molecule has 0 saturated heterocycles. The maximum absolute atomic E-state index is 12.0. The highest BCUT2D eigenvalue weighted by Crippen LogP contribution is 2.20. The highest BCUT2D eigenvalue weighted by Gasteiger charge is 2.15. The first-order valence-corrected chi connectivity index (χ1v) is 3.62. The summed E-state index contributed by atoms with van der Waals surface area (Å²) in [5.41, 5.74) is -2.52. The molecule has 0 aliphatic carbocycles. The van der Waals surface area contributed by atoms with Gasteiger partial charge in [-0.1, -0.05) is 0 Å². The van der Waals surface area contributed by atoms with Crippen LogP contribution in [0, 0.1) is 0 Å². The summed E-state index contributed by atoms with van der Waals surface area (Å²) in [6, 6.07) is 0. The molecule has 1 rings (SSSR count). The van der Waals surface area contributed by atoms with E-state index in [9.17, 15) is 18.4 Å². The minimum Gasteiger partial charge on any atom is -0.305 e. The monoisotopic (exact) mass is 240 g/mol. The summed E-state index contributed by atoms with van der Waals surface area (Å²) in [6.45, 7) is 0. The van der Waals surface area contributed by atoms with Crippen LogP contribution in [0.5, 0.6) is 0 Å². The fraction of sp³-hybridized carbons (Fsp3) is 0.200. The van der Waals surface area contributed by atoms with Crippen LogP contribution in [0.3, 0.4) is 0 Å². The molecule has 0 radical (unpaired) electrons. The van der Waals surface area contributed by atoms with Crippen LogP contribution in [-0.2, 0) is 0 Å². The van der Waals surface area contributed by atoms with Crippen molar-refractivity contribution in [3.63, 3.8) is 0 Å². The molecule has 0 aromatic carbocycles. The number of halogens is 3. The number of nitrogens with one attached hydrogen (secondary N) is 2. The van der Waals surface area contributed by atoms with Gasteiger partial charge in [0.25, 0.3) is 12.0 Å². The van der Waals surface area contributed by atoms with E-state index >= 15 is 0 Å². The number of aromatic amines is 2. The van der Waals surface area contributed by atoms with Crippen LogP contribution in [0.4, 0.5) is 8.78 Å². The van der Waals surface area contributed by atoms with E-state index < -0.39 is 23.4 Å². The molecule has 0 fully saturated rings. The summed E-state index contributed by atoms with van der Waals surface area (Å²) in [7, 11) is 0. The predicted molar refractivity (Wildman–Crippen MR) is 40.3 cm³/mol. The molecule has 1 aromatic rings. The SMILES string of the molecule is O=c1[nH]c(C(F)F)c(Br)c(=O)[nH]1. The molecule has 1 aromatic heterocycles. The summed E-state index contributed by atoms with van der Waals surface area (Å²) in [4.78, 5) is 24.8. The first-order valence-electron chi connectivity index (χ1n) is 2.82. The molecule has 0 spiro atoms. The van der Waals surface area contributed by atoms with E-state index in [0.29, 0.717) is 0 Å². The maximum atomic E-state index is 12.0.